The number of benzene rings is 1. The topological polar surface area (TPSA) is 166 Å². The van der Waals surface area contributed by atoms with Gasteiger partial charge in [0.15, 0.2) is 0 Å². The van der Waals surface area contributed by atoms with Crippen LogP contribution in [0.15, 0.2) is 41.7 Å². The summed E-state index contributed by atoms with van der Waals surface area (Å²) in [5, 5.41) is 0. The van der Waals surface area contributed by atoms with Crippen LogP contribution >= 0.6 is 0 Å². The second kappa shape index (κ2) is 9.84. The molecule has 5 rings (SSSR count). The van der Waals surface area contributed by atoms with Crippen molar-refractivity contribution in [1.29, 1.82) is 0 Å². The average Bonchev–Trinajstić information content (AvgIpc) is 3.09. The van der Waals surface area contributed by atoms with Crippen molar-refractivity contribution in [2.45, 2.75) is 44.6 Å². The first-order valence-electron chi connectivity index (χ1n) is 12.4. The lowest BCUT2D eigenvalue weighted by molar-refractivity contribution is -0.116. The highest BCUT2D eigenvalue weighted by molar-refractivity contribution is 7.89. The zero-order chi connectivity index (χ0) is 27.1. The van der Waals surface area contributed by atoms with E-state index < -0.39 is 22.5 Å². The van der Waals surface area contributed by atoms with Crippen molar-refractivity contribution < 1.29 is 17.9 Å². The number of anilines is 2. The molecule has 0 atom stereocenters. The number of rotatable bonds is 6. The van der Waals surface area contributed by atoms with E-state index in [-0.39, 0.29) is 16.1 Å². The number of pyridine rings is 1. The van der Waals surface area contributed by atoms with Crippen LogP contribution in [0.4, 0.5) is 11.6 Å². The Morgan fingerprint density at radius 1 is 1.18 bits per heavy atom. The number of hydrogen-bond acceptors (Lipinski definition) is 9. The minimum Gasteiger partial charge on any atom is -0.491 e. The highest BCUT2D eigenvalue weighted by atomic mass is 32.2. The number of nitrogens with one attached hydrogen (secondary N) is 1. The SMILES string of the molecule is CC1(C)CCc2ncnc(N3CCOc4ccc(-c5cnc(N)c(S(=O)(=O)NCC(N)=O)c5)cc4C3)c2C1. The van der Waals surface area contributed by atoms with Gasteiger partial charge < -0.3 is 21.1 Å². The molecular weight excluding hydrogens is 506 g/mol. The van der Waals surface area contributed by atoms with E-state index in [1.807, 2.05) is 18.2 Å². The molecule has 0 spiro atoms. The molecule has 2 aromatic heterocycles. The fourth-order valence-corrected chi connectivity index (χ4v) is 6.06. The van der Waals surface area contributed by atoms with Gasteiger partial charge in [0.1, 0.15) is 35.2 Å². The lowest BCUT2D eigenvalue weighted by Gasteiger charge is -2.33. The zero-order valence-electron chi connectivity index (χ0n) is 21.4. The van der Waals surface area contributed by atoms with Gasteiger partial charge in [-0.1, -0.05) is 19.9 Å². The quantitative estimate of drug-likeness (QED) is 0.425. The highest BCUT2D eigenvalue weighted by Gasteiger charge is 2.31. The number of nitrogen functional groups attached to an aromatic ring is 1. The molecule has 12 heteroatoms. The van der Waals surface area contributed by atoms with E-state index in [2.05, 4.69) is 38.4 Å². The maximum atomic E-state index is 12.7. The van der Waals surface area contributed by atoms with Crippen LogP contribution in [-0.4, -0.2) is 49.0 Å². The van der Waals surface area contributed by atoms with Crippen molar-refractivity contribution in [3.63, 3.8) is 0 Å². The van der Waals surface area contributed by atoms with E-state index in [1.165, 1.54) is 17.8 Å². The van der Waals surface area contributed by atoms with Crippen molar-refractivity contribution in [2.75, 3.05) is 30.3 Å². The molecule has 0 saturated heterocycles. The molecule has 38 heavy (non-hydrogen) atoms. The first-order chi connectivity index (χ1) is 18.0. The molecule has 0 unspecified atom stereocenters. The third-order valence-corrected chi connectivity index (χ3v) is 8.42. The maximum Gasteiger partial charge on any atom is 0.244 e. The van der Waals surface area contributed by atoms with E-state index in [9.17, 15) is 13.2 Å². The van der Waals surface area contributed by atoms with E-state index in [0.717, 1.165) is 47.7 Å². The van der Waals surface area contributed by atoms with E-state index in [4.69, 9.17) is 16.2 Å². The highest BCUT2D eigenvalue weighted by Crippen LogP contribution is 2.39. The normalized spacial score (nSPS) is 16.6. The Balaban J connectivity index is 1.48. The van der Waals surface area contributed by atoms with Crippen LogP contribution in [0.5, 0.6) is 5.75 Å². The number of carbonyl (C=O) groups excluding carboxylic acids is 1. The first-order valence-corrected chi connectivity index (χ1v) is 13.9. The molecule has 0 fully saturated rings. The third kappa shape index (κ3) is 5.27. The van der Waals surface area contributed by atoms with Crippen molar-refractivity contribution in [3.05, 3.63) is 53.6 Å². The average molecular weight is 538 g/mol. The number of carbonyl (C=O) groups is 1. The van der Waals surface area contributed by atoms with Gasteiger partial charge in [0.25, 0.3) is 0 Å². The van der Waals surface area contributed by atoms with Gasteiger partial charge in [-0.2, -0.15) is 0 Å². The van der Waals surface area contributed by atoms with Crippen molar-refractivity contribution in [3.8, 4) is 16.9 Å². The number of amides is 1. The number of nitrogens with zero attached hydrogens (tertiary/aromatic N) is 4. The van der Waals surface area contributed by atoms with Gasteiger partial charge in [0.2, 0.25) is 15.9 Å². The minimum atomic E-state index is -4.09. The predicted octanol–water partition coefficient (Wildman–Crippen LogP) is 1.80. The molecular formula is C26H31N7O4S. The summed E-state index contributed by atoms with van der Waals surface area (Å²) in [5.41, 5.74) is 15.7. The molecule has 1 aromatic carbocycles. The summed E-state index contributed by atoms with van der Waals surface area (Å²) in [6.45, 7) is 5.76. The molecule has 3 heterocycles. The molecule has 5 N–H and O–H groups in total. The van der Waals surface area contributed by atoms with Crippen LogP contribution < -0.4 is 25.8 Å². The summed E-state index contributed by atoms with van der Waals surface area (Å²) in [7, 11) is -4.09. The van der Waals surface area contributed by atoms with E-state index >= 15 is 0 Å². The summed E-state index contributed by atoms with van der Waals surface area (Å²) in [5.74, 6) is 0.720. The Morgan fingerprint density at radius 3 is 2.79 bits per heavy atom. The van der Waals surface area contributed by atoms with Crippen molar-refractivity contribution in [2.24, 2.45) is 11.1 Å². The Kier molecular flexibility index (Phi) is 6.70. The Morgan fingerprint density at radius 2 is 2.00 bits per heavy atom. The van der Waals surface area contributed by atoms with Crippen LogP contribution in [0.1, 0.15) is 37.1 Å². The van der Waals surface area contributed by atoms with E-state index in [0.29, 0.717) is 25.3 Å². The number of aromatic nitrogens is 3. The standard InChI is InChI=1S/C26H31N7O4S/c1-26(2)6-5-20-19(11-26)25(31-15-30-20)33-7-8-37-21-4-3-16(9-18(21)14-33)17-10-22(24(28)29-12-17)38(35,36)32-13-23(27)34/h3-4,9-10,12,15,32H,5-8,11,13-14H2,1-2H3,(H2,27,34)(H2,28,29). The summed E-state index contributed by atoms with van der Waals surface area (Å²) in [6, 6.07) is 7.13. The van der Waals surface area contributed by atoms with Crippen LogP contribution in [0, 0.1) is 5.41 Å². The van der Waals surface area contributed by atoms with E-state index in [1.54, 1.807) is 6.33 Å². The van der Waals surface area contributed by atoms with Gasteiger partial charge in [-0.25, -0.2) is 28.1 Å². The van der Waals surface area contributed by atoms with Gasteiger partial charge >= 0.3 is 0 Å². The Hall–Kier alpha value is -3.77. The van der Waals surface area contributed by atoms with Crippen molar-refractivity contribution in [1.82, 2.24) is 19.7 Å². The van der Waals surface area contributed by atoms with Gasteiger partial charge in [-0.3, -0.25) is 4.79 Å². The van der Waals surface area contributed by atoms with Crippen LogP contribution in [0.25, 0.3) is 11.1 Å². The second-order valence-electron chi connectivity index (χ2n) is 10.5. The number of fused-ring (bicyclic) bond motifs is 2. The Labute approximate surface area is 221 Å². The van der Waals surface area contributed by atoms with Gasteiger partial charge in [0, 0.05) is 35.1 Å². The molecule has 0 saturated carbocycles. The number of primary amides is 1. The monoisotopic (exact) mass is 537 g/mol. The second-order valence-corrected chi connectivity index (χ2v) is 12.2. The zero-order valence-corrected chi connectivity index (χ0v) is 22.2. The Bertz CT molecular complexity index is 1510. The lowest BCUT2D eigenvalue weighted by atomic mass is 9.76. The third-order valence-electron chi connectivity index (χ3n) is 6.99. The first kappa shape index (κ1) is 25.9. The summed E-state index contributed by atoms with van der Waals surface area (Å²) >= 11 is 0. The summed E-state index contributed by atoms with van der Waals surface area (Å²) < 4.78 is 33.6. The molecule has 3 aromatic rings. The number of nitrogens with two attached hydrogens (primary N) is 2. The molecule has 1 amide bonds. The number of ether oxygens (including phenoxy) is 1. The molecule has 0 bridgehead atoms. The number of aryl methyl sites for hydroxylation is 1. The summed E-state index contributed by atoms with van der Waals surface area (Å²) in [4.78, 5) is 26.4. The van der Waals surface area contributed by atoms with Gasteiger partial charge in [-0.15, -0.1) is 0 Å². The molecule has 1 aliphatic carbocycles. The predicted molar refractivity (Wildman–Crippen MR) is 143 cm³/mol. The van der Waals surface area contributed by atoms with Crippen molar-refractivity contribution >= 4 is 27.6 Å². The molecule has 11 nitrogen and oxygen atoms in total. The number of hydrogen-bond donors (Lipinski definition) is 3. The smallest absolute Gasteiger partial charge is 0.244 e. The van der Waals surface area contributed by atoms with Gasteiger partial charge in [-0.05, 0) is 48.4 Å². The van der Waals surface area contributed by atoms with Crippen LogP contribution in [-0.2, 0) is 34.2 Å². The van der Waals surface area contributed by atoms with Crippen LogP contribution in [0.3, 0.4) is 0 Å². The maximum absolute atomic E-state index is 12.7. The van der Waals surface area contributed by atoms with Crippen LogP contribution in [0.2, 0.25) is 0 Å². The summed E-state index contributed by atoms with van der Waals surface area (Å²) in [6.07, 6.45) is 6.11. The lowest BCUT2D eigenvalue weighted by Crippen LogP contribution is -2.33. The minimum absolute atomic E-state index is 0.175. The number of sulfonamides is 1. The molecule has 200 valence electrons. The fourth-order valence-electron chi connectivity index (χ4n) is 4.96. The fraction of sp³-hybridized carbons (Fsp3) is 0.385. The van der Waals surface area contributed by atoms with Gasteiger partial charge in [0.05, 0.1) is 13.1 Å². The molecule has 0 radical (unpaired) electrons. The largest absolute Gasteiger partial charge is 0.491 e. The molecule has 1 aliphatic heterocycles. The molecule has 2 aliphatic rings.